The van der Waals surface area contributed by atoms with Crippen molar-refractivity contribution >= 4 is 11.8 Å². The lowest BCUT2D eigenvalue weighted by Crippen LogP contribution is -2.36. The van der Waals surface area contributed by atoms with Crippen LogP contribution in [0.4, 0.5) is 13.2 Å². The first kappa shape index (κ1) is 7.57. The van der Waals surface area contributed by atoms with E-state index in [4.69, 9.17) is 0 Å². The first-order chi connectivity index (χ1) is 5.39. The number of fused-ring (bicyclic) bond motifs is 1. The molecule has 2 unspecified atom stereocenters. The Bertz CT molecular complexity index is 285. The van der Waals surface area contributed by atoms with E-state index in [1.54, 1.807) is 5.32 Å². The van der Waals surface area contributed by atoms with Gasteiger partial charge in [-0.2, -0.15) is 13.2 Å². The van der Waals surface area contributed by atoms with Gasteiger partial charge in [0.05, 0.1) is 5.92 Å². The summed E-state index contributed by atoms with van der Waals surface area (Å²) in [5.41, 5.74) is -2.37. The van der Waals surface area contributed by atoms with Gasteiger partial charge in [0, 0.05) is 0 Å². The van der Waals surface area contributed by atoms with Crippen LogP contribution in [0.15, 0.2) is 0 Å². The Labute approximate surface area is 64.9 Å². The van der Waals surface area contributed by atoms with Crippen molar-refractivity contribution in [2.45, 2.75) is 12.6 Å². The predicted molar refractivity (Wildman–Crippen MR) is 29.7 cm³/mol. The number of rotatable bonds is 0. The summed E-state index contributed by atoms with van der Waals surface area (Å²) in [6, 6.07) is 0. The van der Waals surface area contributed by atoms with Crippen LogP contribution in [0.1, 0.15) is 6.42 Å². The van der Waals surface area contributed by atoms with E-state index in [-0.39, 0.29) is 6.42 Å². The first-order valence-electron chi connectivity index (χ1n) is 3.31. The van der Waals surface area contributed by atoms with E-state index >= 15 is 0 Å². The number of hydrogen-bond donors (Lipinski definition) is 1. The Kier molecular flexibility index (Phi) is 1.04. The smallest absolute Gasteiger partial charge is 0.295 e. The molecule has 3 nitrogen and oxygen atoms in total. The molecular formula is C6H4F3NO2. The van der Waals surface area contributed by atoms with E-state index < -0.39 is 29.3 Å². The quantitative estimate of drug-likeness (QED) is 0.540. The summed E-state index contributed by atoms with van der Waals surface area (Å²) in [6.07, 6.45) is -4.96. The van der Waals surface area contributed by atoms with Crippen LogP contribution >= 0.6 is 0 Å². The fourth-order valence-corrected chi connectivity index (χ4v) is 1.58. The van der Waals surface area contributed by atoms with E-state index in [1.165, 1.54) is 0 Å². The molecule has 1 aliphatic carbocycles. The van der Waals surface area contributed by atoms with Crippen LogP contribution < -0.4 is 5.32 Å². The molecule has 2 atom stereocenters. The maximum atomic E-state index is 12.2. The van der Waals surface area contributed by atoms with Gasteiger partial charge in [0.25, 0.3) is 0 Å². The van der Waals surface area contributed by atoms with Crippen LogP contribution in [-0.2, 0) is 9.59 Å². The van der Waals surface area contributed by atoms with Gasteiger partial charge in [-0.1, -0.05) is 0 Å². The van der Waals surface area contributed by atoms with Gasteiger partial charge in [-0.25, -0.2) is 0 Å². The number of imide groups is 1. The Morgan fingerprint density at radius 2 is 2.00 bits per heavy atom. The molecule has 1 saturated carbocycles. The highest BCUT2D eigenvalue weighted by Gasteiger charge is 2.81. The van der Waals surface area contributed by atoms with Crippen LogP contribution in [0.3, 0.4) is 0 Å². The molecule has 2 aliphatic rings. The Morgan fingerprint density at radius 1 is 1.42 bits per heavy atom. The minimum atomic E-state index is -4.59. The topological polar surface area (TPSA) is 46.2 Å². The molecule has 1 heterocycles. The molecule has 6 heteroatoms. The van der Waals surface area contributed by atoms with Crippen molar-refractivity contribution in [2.75, 3.05) is 0 Å². The van der Waals surface area contributed by atoms with Crippen LogP contribution in [0.2, 0.25) is 0 Å². The fourth-order valence-electron chi connectivity index (χ4n) is 1.58. The minimum absolute atomic E-state index is 0.374. The summed E-state index contributed by atoms with van der Waals surface area (Å²) in [7, 11) is 0. The lowest BCUT2D eigenvalue weighted by molar-refractivity contribution is -0.191. The van der Waals surface area contributed by atoms with Crippen molar-refractivity contribution in [2.24, 2.45) is 11.3 Å². The number of hydrogen-bond acceptors (Lipinski definition) is 2. The van der Waals surface area contributed by atoms with Gasteiger partial charge in [0.1, 0.15) is 0 Å². The lowest BCUT2D eigenvalue weighted by Gasteiger charge is -2.13. The number of alkyl halides is 3. The van der Waals surface area contributed by atoms with Gasteiger partial charge in [0.2, 0.25) is 11.8 Å². The summed E-state index contributed by atoms with van der Waals surface area (Å²) in [6.45, 7) is 0. The van der Waals surface area contributed by atoms with E-state index in [1.807, 2.05) is 0 Å². The van der Waals surface area contributed by atoms with Crippen LogP contribution in [0, 0.1) is 11.3 Å². The fraction of sp³-hybridized carbons (Fsp3) is 0.667. The van der Waals surface area contributed by atoms with Crippen molar-refractivity contribution in [3.8, 4) is 0 Å². The van der Waals surface area contributed by atoms with Gasteiger partial charge in [-0.05, 0) is 6.42 Å². The van der Waals surface area contributed by atoms with E-state index in [0.717, 1.165) is 0 Å². The van der Waals surface area contributed by atoms with E-state index in [0.29, 0.717) is 0 Å². The van der Waals surface area contributed by atoms with Gasteiger partial charge in [0.15, 0.2) is 5.41 Å². The second kappa shape index (κ2) is 1.65. The summed E-state index contributed by atoms with van der Waals surface area (Å²) < 4.78 is 36.6. The molecule has 0 bridgehead atoms. The number of carbonyl (C=O) groups is 2. The number of amides is 2. The van der Waals surface area contributed by atoms with Crippen molar-refractivity contribution in [3.63, 3.8) is 0 Å². The second-order valence-corrected chi connectivity index (χ2v) is 3.04. The molecule has 0 spiro atoms. The molecule has 66 valence electrons. The normalized spacial score (nSPS) is 39.4. The predicted octanol–water partition coefficient (Wildman–Crippen LogP) is 0.211. The standard InChI is InChI=1S/C6H4F3NO2/c7-6(8,9)5-1-2(5)3(11)10-4(5)12/h2H,1H2,(H,10,11,12). The average Bonchev–Trinajstić information content (AvgIpc) is 2.53. The monoisotopic (exact) mass is 179 g/mol. The first-order valence-corrected chi connectivity index (χ1v) is 3.31. The molecule has 2 amide bonds. The third-order valence-electron chi connectivity index (χ3n) is 2.43. The zero-order valence-corrected chi connectivity index (χ0v) is 5.73. The van der Waals surface area contributed by atoms with Crippen molar-refractivity contribution in [1.29, 1.82) is 0 Å². The number of piperidine rings is 1. The summed E-state index contributed by atoms with van der Waals surface area (Å²) >= 11 is 0. The third-order valence-corrected chi connectivity index (χ3v) is 2.43. The number of halogens is 3. The molecule has 0 aromatic carbocycles. The van der Waals surface area contributed by atoms with E-state index in [9.17, 15) is 22.8 Å². The molecule has 2 rings (SSSR count). The average molecular weight is 179 g/mol. The molecule has 0 aromatic rings. The third kappa shape index (κ3) is 0.587. The highest BCUT2D eigenvalue weighted by atomic mass is 19.4. The molecule has 1 aliphatic heterocycles. The van der Waals surface area contributed by atoms with Crippen molar-refractivity contribution in [3.05, 3.63) is 0 Å². The molecule has 12 heavy (non-hydrogen) atoms. The largest absolute Gasteiger partial charge is 0.404 e. The summed E-state index contributed by atoms with van der Waals surface area (Å²) in [4.78, 5) is 21.4. The maximum Gasteiger partial charge on any atom is 0.404 e. The minimum Gasteiger partial charge on any atom is -0.295 e. The Balaban J connectivity index is 2.39. The molecule has 0 radical (unpaired) electrons. The van der Waals surface area contributed by atoms with Gasteiger partial charge in [-0.15, -0.1) is 0 Å². The van der Waals surface area contributed by atoms with E-state index in [2.05, 4.69) is 0 Å². The highest BCUT2D eigenvalue weighted by Crippen LogP contribution is 2.65. The van der Waals surface area contributed by atoms with Gasteiger partial charge < -0.3 is 0 Å². The molecule has 2 fully saturated rings. The lowest BCUT2D eigenvalue weighted by atomic mass is 10.1. The van der Waals surface area contributed by atoms with Crippen molar-refractivity contribution < 1.29 is 22.8 Å². The summed E-state index contributed by atoms with van der Waals surface area (Å²) in [5, 5.41) is 1.67. The van der Waals surface area contributed by atoms with Crippen molar-refractivity contribution in [1.82, 2.24) is 5.32 Å². The number of carbonyl (C=O) groups excluding carboxylic acids is 2. The number of nitrogens with one attached hydrogen (secondary N) is 1. The van der Waals surface area contributed by atoms with Gasteiger partial charge >= 0.3 is 6.18 Å². The molecule has 1 N–H and O–H groups in total. The second-order valence-electron chi connectivity index (χ2n) is 3.04. The molecular weight excluding hydrogens is 175 g/mol. The molecule has 0 aromatic heterocycles. The summed E-state index contributed by atoms with van der Waals surface area (Å²) in [5.74, 6) is -3.15. The van der Waals surface area contributed by atoms with Crippen LogP contribution in [0.5, 0.6) is 0 Å². The maximum absolute atomic E-state index is 12.2. The Hall–Kier alpha value is -1.07. The Morgan fingerprint density at radius 3 is 2.17 bits per heavy atom. The van der Waals surface area contributed by atoms with Crippen LogP contribution in [0.25, 0.3) is 0 Å². The highest BCUT2D eigenvalue weighted by molar-refractivity contribution is 6.12. The van der Waals surface area contributed by atoms with Crippen LogP contribution in [-0.4, -0.2) is 18.0 Å². The zero-order valence-electron chi connectivity index (χ0n) is 5.73. The zero-order chi connectivity index (χ0) is 9.15. The molecule has 1 saturated heterocycles. The van der Waals surface area contributed by atoms with Gasteiger partial charge in [-0.3, -0.25) is 14.9 Å². The SMILES string of the molecule is O=C1NC(=O)C2(C(F)(F)F)CC12.